The third kappa shape index (κ3) is 3.23. The van der Waals surface area contributed by atoms with Crippen LogP contribution in [0, 0.1) is 0 Å². The molecule has 0 fully saturated rings. The number of aromatic nitrogens is 3. The monoisotopic (exact) mass is 292 g/mol. The first-order valence-electron chi connectivity index (χ1n) is 7.48. The summed E-state index contributed by atoms with van der Waals surface area (Å²) in [6.07, 6.45) is 0. The summed E-state index contributed by atoms with van der Waals surface area (Å²) >= 11 is 0. The molecule has 0 aliphatic rings. The van der Waals surface area contributed by atoms with Gasteiger partial charge in [0, 0.05) is 25.2 Å². The number of benzene rings is 2. The Morgan fingerprint density at radius 1 is 0.955 bits per heavy atom. The number of rotatable bonds is 5. The van der Waals surface area contributed by atoms with Crippen LogP contribution in [0.4, 0.5) is 0 Å². The van der Waals surface area contributed by atoms with Crippen LogP contribution in [-0.4, -0.2) is 15.0 Å². The second-order valence-corrected chi connectivity index (χ2v) is 5.36. The van der Waals surface area contributed by atoms with Gasteiger partial charge in [-0.25, -0.2) is 0 Å². The Balaban J connectivity index is 1.76. The van der Waals surface area contributed by atoms with Crippen molar-refractivity contribution in [2.75, 3.05) is 0 Å². The van der Waals surface area contributed by atoms with Gasteiger partial charge in [0.15, 0.2) is 0 Å². The van der Waals surface area contributed by atoms with Gasteiger partial charge in [-0.2, -0.15) is 15.0 Å². The summed E-state index contributed by atoms with van der Waals surface area (Å²) in [5.74, 6) is 0. The van der Waals surface area contributed by atoms with Crippen molar-refractivity contribution in [3.05, 3.63) is 71.9 Å². The van der Waals surface area contributed by atoms with Gasteiger partial charge in [0.05, 0.1) is 0 Å². The van der Waals surface area contributed by atoms with Crippen molar-refractivity contribution in [2.45, 2.75) is 19.5 Å². The maximum Gasteiger partial charge on any atom is 0.117 e. The molecule has 4 nitrogen and oxygen atoms in total. The first-order valence-corrected chi connectivity index (χ1v) is 7.48. The minimum atomic E-state index is 0.270. The van der Waals surface area contributed by atoms with Crippen LogP contribution in [0.25, 0.3) is 11.3 Å². The SMILES string of the molecule is C[C@H](NCc1nn(C)nc1-c1ccccc1)c1ccccc1. The third-order valence-electron chi connectivity index (χ3n) is 3.71. The third-order valence-corrected chi connectivity index (χ3v) is 3.71. The molecule has 2 aromatic carbocycles. The largest absolute Gasteiger partial charge is 0.304 e. The second kappa shape index (κ2) is 6.54. The fourth-order valence-corrected chi connectivity index (χ4v) is 2.50. The van der Waals surface area contributed by atoms with Gasteiger partial charge in [-0.05, 0) is 12.5 Å². The van der Waals surface area contributed by atoms with Gasteiger partial charge in [-0.15, -0.1) is 0 Å². The summed E-state index contributed by atoms with van der Waals surface area (Å²) in [4.78, 5) is 1.63. The molecule has 22 heavy (non-hydrogen) atoms. The molecule has 4 heteroatoms. The summed E-state index contributed by atoms with van der Waals surface area (Å²) in [7, 11) is 1.86. The minimum Gasteiger partial charge on any atom is -0.304 e. The van der Waals surface area contributed by atoms with Crippen LogP contribution in [0.1, 0.15) is 24.2 Å². The Bertz CT molecular complexity index is 719. The Kier molecular flexibility index (Phi) is 4.30. The van der Waals surface area contributed by atoms with Crippen LogP contribution in [0.5, 0.6) is 0 Å². The Hall–Kier alpha value is -2.46. The lowest BCUT2D eigenvalue weighted by Gasteiger charge is -2.13. The summed E-state index contributed by atoms with van der Waals surface area (Å²) in [6.45, 7) is 2.85. The number of aryl methyl sites for hydroxylation is 1. The lowest BCUT2D eigenvalue weighted by molar-refractivity contribution is 0.558. The molecule has 0 aliphatic carbocycles. The molecule has 3 rings (SSSR count). The zero-order valence-electron chi connectivity index (χ0n) is 12.9. The van der Waals surface area contributed by atoms with Crippen LogP contribution in [0.3, 0.4) is 0 Å². The van der Waals surface area contributed by atoms with Crippen LogP contribution in [0.15, 0.2) is 60.7 Å². The topological polar surface area (TPSA) is 42.7 Å². The van der Waals surface area contributed by atoms with E-state index in [-0.39, 0.29) is 6.04 Å². The molecule has 1 heterocycles. The summed E-state index contributed by atoms with van der Waals surface area (Å²) < 4.78 is 0. The normalized spacial score (nSPS) is 12.3. The maximum atomic E-state index is 4.50. The summed E-state index contributed by atoms with van der Waals surface area (Å²) in [5.41, 5.74) is 4.28. The van der Waals surface area contributed by atoms with Crippen LogP contribution in [0.2, 0.25) is 0 Å². The van der Waals surface area contributed by atoms with Crippen LogP contribution >= 0.6 is 0 Å². The van der Waals surface area contributed by atoms with E-state index in [1.165, 1.54) is 5.56 Å². The molecule has 1 N–H and O–H groups in total. The highest BCUT2D eigenvalue weighted by Gasteiger charge is 2.13. The summed E-state index contributed by atoms with van der Waals surface area (Å²) in [5, 5.41) is 12.5. The molecule has 3 aromatic rings. The number of hydrogen-bond acceptors (Lipinski definition) is 3. The average molecular weight is 292 g/mol. The van der Waals surface area contributed by atoms with E-state index in [4.69, 9.17) is 0 Å². The number of nitrogens with zero attached hydrogens (tertiary/aromatic N) is 3. The number of nitrogens with one attached hydrogen (secondary N) is 1. The predicted octanol–water partition coefficient (Wildman–Crippen LogP) is 3.33. The van der Waals surface area contributed by atoms with Crippen molar-refractivity contribution in [1.82, 2.24) is 20.3 Å². The highest BCUT2D eigenvalue weighted by molar-refractivity contribution is 5.60. The van der Waals surface area contributed by atoms with E-state index >= 15 is 0 Å². The lowest BCUT2D eigenvalue weighted by atomic mass is 10.1. The van der Waals surface area contributed by atoms with Crippen molar-refractivity contribution in [1.29, 1.82) is 0 Å². The molecule has 0 aliphatic heterocycles. The van der Waals surface area contributed by atoms with Crippen molar-refractivity contribution in [3.8, 4) is 11.3 Å². The van der Waals surface area contributed by atoms with E-state index < -0.39 is 0 Å². The minimum absolute atomic E-state index is 0.270. The van der Waals surface area contributed by atoms with E-state index in [1.54, 1.807) is 4.80 Å². The molecule has 0 saturated carbocycles. The van der Waals surface area contributed by atoms with Crippen LogP contribution < -0.4 is 5.32 Å². The van der Waals surface area contributed by atoms with Gasteiger partial charge in [0.1, 0.15) is 11.4 Å². The molecular weight excluding hydrogens is 272 g/mol. The van der Waals surface area contributed by atoms with Crippen molar-refractivity contribution in [3.63, 3.8) is 0 Å². The number of hydrogen-bond donors (Lipinski definition) is 1. The van der Waals surface area contributed by atoms with E-state index in [1.807, 2.05) is 31.3 Å². The standard InChI is InChI=1S/C18H20N4/c1-14(15-9-5-3-6-10-15)19-13-17-18(21-22(2)20-17)16-11-7-4-8-12-16/h3-12,14,19H,13H2,1-2H3/t14-/m0/s1. The molecule has 0 spiro atoms. The summed E-state index contributed by atoms with van der Waals surface area (Å²) in [6, 6.07) is 20.9. The zero-order chi connectivity index (χ0) is 15.4. The van der Waals surface area contributed by atoms with E-state index in [2.05, 4.69) is 58.8 Å². The maximum absolute atomic E-state index is 4.50. The molecule has 0 bridgehead atoms. The first kappa shape index (κ1) is 14.5. The quantitative estimate of drug-likeness (QED) is 0.784. The fourth-order valence-electron chi connectivity index (χ4n) is 2.50. The van der Waals surface area contributed by atoms with Gasteiger partial charge < -0.3 is 5.32 Å². The molecule has 1 atom stereocenters. The first-order chi connectivity index (χ1) is 10.7. The van der Waals surface area contributed by atoms with Crippen molar-refractivity contribution in [2.24, 2.45) is 7.05 Å². The van der Waals surface area contributed by atoms with Gasteiger partial charge >= 0.3 is 0 Å². The molecule has 0 amide bonds. The van der Waals surface area contributed by atoms with Gasteiger partial charge in [0.2, 0.25) is 0 Å². The van der Waals surface area contributed by atoms with Crippen molar-refractivity contribution >= 4 is 0 Å². The van der Waals surface area contributed by atoms with E-state index in [0.29, 0.717) is 6.54 Å². The van der Waals surface area contributed by atoms with Gasteiger partial charge in [-0.3, -0.25) is 0 Å². The lowest BCUT2D eigenvalue weighted by Crippen LogP contribution is -2.18. The van der Waals surface area contributed by atoms with Gasteiger partial charge in [-0.1, -0.05) is 60.7 Å². The average Bonchev–Trinajstić information content (AvgIpc) is 2.95. The fraction of sp³-hybridized carbons (Fsp3) is 0.222. The molecule has 1 aromatic heterocycles. The highest BCUT2D eigenvalue weighted by Crippen LogP contribution is 2.20. The molecular formula is C18H20N4. The smallest absolute Gasteiger partial charge is 0.117 e. The van der Waals surface area contributed by atoms with Gasteiger partial charge in [0.25, 0.3) is 0 Å². The highest BCUT2D eigenvalue weighted by atomic mass is 15.5. The molecule has 0 saturated heterocycles. The van der Waals surface area contributed by atoms with Crippen LogP contribution in [-0.2, 0) is 13.6 Å². The second-order valence-electron chi connectivity index (χ2n) is 5.36. The molecule has 0 unspecified atom stereocenters. The molecule has 112 valence electrons. The zero-order valence-corrected chi connectivity index (χ0v) is 12.9. The Morgan fingerprint density at radius 2 is 1.59 bits per heavy atom. The predicted molar refractivity (Wildman–Crippen MR) is 88.1 cm³/mol. The Morgan fingerprint density at radius 3 is 2.27 bits per heavy atom. The van der Waals surface area contributed by atoms with E-state index in [9.17, 15) is 0 Å². The van der Waals surface area contributed by atoms with E-state index in [0.717, 1.165) is 17.0 Å². The molecule has 0 radical (unpaired) electrons. The van der Waals surface area contributed by atoms with Crippen molar-refractivity contribution < 1.29 is 0 Å². The Labute approximate surface area is 130 Å².